The van der Waals surface area contributed by atoms with Crippen molar-refractivity contribution in [3.05, 3.63) is 63.7 Å². The fourth-order valence-corrected chi connectivity index (χ4v) is 4.57. The molecule has 32 heavy (non-hydrogen) atoms. The van der Waals surface area contributed by atoms with Crippen molar-refractivity contribution in [2.45, 2.75) is 51.2 Å². The molecule has 1 N–H and O–H groups in total. The Balaban J connectivity index is 1.35. The minimum absolute atomic E-state index is 0.0642. The number of aryl methyl sites for hydroxylation is 3. The molecule has 2 aliphatic rings. The lowest BCUT2D eigenvalue weighted by atomic mass is 9.95. The summed E-state index contributed by atoms with van der Waals surface area (Å²) in [7, 11) is 1.83. The number of nitrogens with zero attached hydrogens (tertiary/aromatic N) is 4. The predicted molar refractivity (Wildman–Crippen MR) is 120 cm³/mol. The Hall–Kier alpha value is -3.42. The number of para-hydroxylation sites is 1. The topological polar surface area (TPSA) is 89.2 Å². The number of rotatable bonds is 5. The Kier molecular flexibility index (Phi) is 5.07. The van der Waals surface area contributed by atoms with Gasteiger partial charge in [0, 0.05) is 62.4 Å². The van der Waals surface area contributed by atoms with Crippen LogP contribution < -0.4 is 10.9 Å². The number of carbonyl (C=O) groups is 2. The summed E-state index contributed by atoms with van der Waals surface area (Å²) < 4.78 is 3.37. The highest BCUT2D eigenvalue weighted by Gasteiger charge is 2.37. The van der Waals surface area contributed by atoms with Gasteiger partial charge in [0.1, 0.15) is 0 Å². The molecule has 8 heteroatoms. The second-order valence-corrected chi connectivity index (χ2v) is 8.91. The van der Waals surface area contributed by atoms with Crippen molar-refractivity contribution in [3.63, 3.8) is 0 Å². The summed E-state index contributed by atoms with van der Waals surface area (Å²) in [6.45, 7) is 2.96. The van der Waals surface area contributed by atoms with Crippen LogP contribution in [0.25, 0.3) is 10.9 Å². The van der Waals surface area contributed by atoms with E-state index >= 15 is 0 Å². The highest BCUT2D eigenvalue weighted by atomic mass is 16.2. The van der Waals surface area contributed by atoms with Crippen molar-refractivity contribution in [2.24, 2.45) is 7.05 Å². The molecule has 1 saturated carbocycles. The van der Waals surface area contributed by atoms with E-state index in [9.17, 15) is 14.4 Å². The molecule has 0 radical (unpaired) electrons. The fourth-order valence-electron chi connectivity index (χ4n) is 4.57. The number of hydrogen-bond donors (Lipinski definition) is 1. The minimum atomic E-state index is -0.465. The summed E-state index contributed by atoms with van der Waals surface area (Å²) >= 11 is 0. The van der Waals surface area contributed by atoms with E-state index in [2.05, 4.69) is 10.4 Å². The van der Waals surface area contributed by atoms with Crippen molar-refractivity contribution >= 4 is 22.7 Å². The first-order chi connectivity index (χ1) is 15.4. The third-order valence-corrected chi connectivity index (χ3v) is 6.40. The molecule has 1 aliphatic heterocycles. The largest absolute Gasteiger partial charge is 0.353 e. The number of fused-ring (bicyclic) bond motifs is 2. The van der Waals surface area contributed by atoms with Gasteiger partial charge in [-0.1, -0.05) is 18.2 Å². The van der Waals surface area contributed by atoms with E-state index in [0.717, 1.165) is 40.6 Å². The monoisotopic (exact) mass is 433 g/mol. The molecule has 2 aromatic heterocycles. The minimum Gasteiger partial charge on any atom is -0.353 e. The average Bonchev–Trinajstić information content (AvgIpc) is 3.50. The van der Waals surface area contributed by atoms with Gasteiger partial charge in [-0.15, -0.1) is 0 Å². The summed E-state index contributed by atoms with van der Waals surface area (Å²) in [6.07, 6.45) is 4.09. The Bertz CT molecular complexity index is 1270. The lowest BCUT2D eigenvalue weighted by Crippen LogP contribution is -2.44. The molecule has 0 bridgehead atoms. The van der Waals surface area contributed by atoms with Gasteiger partial charge in [0.25, 0.3) is 5.56 Å². The summed E-state index contributed by atoms with van der Waals surface area (Å²) in [5, 5.41) is 8.56. The number of nitrogens with one attached hydrogen (secondary N) is 1. The molecule has 1 aromatic carbocycles. The fraction of sp³-hybridized carbons (Fsp3) is 0.417. The molecule has 8 nitrogen and oxygen atoms in total. The van der Waals surface area contributed by atoms with Gasteiger partial charge >= 0.3 is 0 Å². The Morgan fingerprint density at radius 2 is 2.00 bits per heavy atom. The normalized spacial score (nSPS) is 17.9. The quantitative estimate of drug-likeness (QED) is 0.665. The molecule has 1 aliphatic carbocycles. The maximum absolute atomic E-state index is 13.2. The van der Waals surface area contributed by atoms with Gasteiger partial charge in [0.15, 0.2) is 0 Å². The zero-order valence-corrected chi connectivity index (χ0v) is 18.4. The second kappa shape index (κ2) is 7.93. The Morgan fingerprint density at radius 3 is 2.78 bits per heavy atom. The molecule has 0 saturated heterocycles. The summed E-state index contributed by atoms with van der Waals surface area (Å²) in [5.74, 6) is -0.599. The van der Waals surface area contributed by atoms with E-state index < -0.39 is 5.92 Å². The number of amides is 2. The van der Waals surface area contributed by atoms with Gasteiger partial charge in [-0.05, 0) is 31.4 Å². The van der Waals surface area contributed by atoms with Gasteiger partial charge in [-0.2, -0.15) is 5.10 Å². The number of carbonyl (C=O) groups excluding carboxylic acids is 2. The van der Waals surface area contributed by atoms with Gasteiger partial charge < -0.3 is 14.8 Å². The molecule has 2 amide bonds. The van der Waals surface area contributed by atoms with E-state index in [0.29, 0.717) is 19.6 Å². The first kappa shape index (κ1) is 20.5. The van der Waals surface area contributed by atoms with Crippen LogP contribution in [0.3, 0.4) is 0 Å². The SMILES string of the molecule is Cc1cc(=O)n(CCC(=O)N2Cc3cn(C)nc3[C@@H](C(=O)NC3CC3)C2)c2ccccc12. The van der Waals surface area contributed by atoms with E-state index in [1.165, 1.54) is 0 Å². The first-order valence-corrected chi connectivity index (χ1v) is 11.1. The number of aromatic nitrogens is 3. The van der Waals surface area contributed by atoms with E-state index in [4.69, 9.17) is 0 Å². The Labute approximate surface area is 185 Å². The molecule has 5 rings (SSSR count). The van der Waals surface area contributed by atoms with Crippen LogP contribution in [-0.2, 0) is 29.7 Å². The van der Waals surface area contributed by atoms with Gasteiger partial charge in [-0.3, -0.25) is 19.1 Å². The molecule has 3 heterocycles. The summed E-state index contributed by atoms with van der Waals surface area (Å²) in [4.78, 5) is 40.4. The maximum Gasteiger partial charge on any atom is 0.251 e. The van der Waals surface area contributed by atoms with Crippen molar-refractivity contribution in [3.8, 4) is 0 Å². The van der Waals surface area contributed by atoms with Crippen LogP contribution >= 0.6 is 0 Å². The van der Waals surface area contributed by atoms with Crippen LogP contribution in [0.2, 0.25) is 0 Å². The van der Waals surface area contributed by atoms with Crippen LogP contribution in [-0.4, -0.2) is 43.6 Å². The van der Waals surface area contributed by atoms with Crippen molar-refractivity contribution in [2.75, 3.05) is 6.54 Å². The van der Waals surface area contributed by atoms with Crippen molar-refractivity contribution < 1.29 is 9.59 Å². The average molecular weight is 434 g/mol. The molecule has 166 valence electrons. The molecule has 1 fully saturated rings. The zero-order valence-electron chi connectivity index (χ0n) is 18.4. The third-order valence-electron chi connectivity index (χ3n) is 6.40. The van der Waals surface area contributed by atoms with Crippen molar-refractivity contribution in [1.82, 2.24) is 24.6 Å². The standard InChI is InChI=1S/C24H27N5O3/c1-15-11-22(31)29(20-6-4-3-5-18(15)20)10-9-21(30)28-13-16-12-27(2)26-23(16)19(14-28)24(32)25-17-7-8-17/h3-6,11-12,17,19H,7-10,13-14H2,1-2H3,(H,25,32)/t19-/m0/s1. The van der Waals surface area contributed by atoms with E-state index in [1.807, 2.05) is 44.4 Å². The van der Waals surface area contributed by atoms with Gasteiger partial charge in [0.2, 0.25) is 11.8 Å². The lowest BCUT2D eigenvalue weighted by Gasteiger charge is -2.31. The molecule has 3 aromatic rings. The third kappa shape index (κ3) is 3.81. The van der Waals surface area contributed by atoms with Crippen LogP contribution in [0.4, 0.5) is 0 Å². The second-order valence-electron chi connectivity index (χ2n) is 8.91. The molecule has 1 atom stereocenters. The van der Waals surface area contributed by atoms with Gasteiger partial charge in [0.05, 0.1) is 17.1 Å². The highest BCUT2D eigenvalue weighted by Crippen LogP contribution is 2.29. The number of pyridine rings is 1. The number of hydrogen-bond acceptors (Lipinski definition) is 4. The summed E-state index contributed by atoms with van der Waals surface area (Å²) in [6, 6.07) is 9.62. The van der Waals surface area contributed by atoms with E-state index in [1.54, 1.807) is 20.2 Å². The smallest absolute Gasteiger partial charge is 0.251 e. The van der Waals surface area contributed by atoms with Crippen LogP contribution in [0, 0.1) is 6.92 Å². The highest BCUT2D eigenvalue weighted by molar-refractivity contribution is 5.86. The van der Waals surface area contributed by atoms with Crippen LogP contribution in [0.5, 0.6) is 0 Å². The zero-order chi connectivity index (χ0) is 22.4. The van der Waals surface area contributed by atoms with Crippen LogP contribution in [0.15, 0.2) is 41.3 Å². The van der Waals surface area contributed by atoms with E-state index in [-0.39, 0.29) is 29.8 Å². The predicted octanol–water partition coefficient (Wildman–Crippen LogP) is 1.84. The summed E-state index contributed by atoms with van der Waals surface area (Å²) in [5.41, 5.74) is 3.32. The lowest BCUT2D eigenvalue weighted by molar-refractivity contribution is -0.134. The van der Waals surface area contributed by atoms with Crippen LogP contribution in [0.1, 0.15) is 42.0 Å². The maximum atomic E-state index is 13.2. The Morgan fingerprint density at radius 1 is 1.22 bits per heavy atom. The molecular weight excluding hydrogens is 406 g/mol. The molecule has 0 spiro atoms. The first-order valence-electron chi connectivity index (χ1n) is 11.1. The van der Waals surface area contributed by atoms with Gasteiger partial charge in [-0.25, -0.2) is 0 Å². The molecular formula is C24H27N5O3. The molecule has 0 unspecified atom stereocenters. The number of benzene rings is 1. The van der Waals surface area contributed by atoms with Crippen molar-refractivity contribution in [1.29, 1.82) is 0 Å².